The highest BCUT2D eigenvalue weighted by Gasteiger charge is 2.13. The van der Waals surface area contributed by atoms with Gasteiger partial charge in [0.2, 0.25) is 0 Å². The van der Waals surface area contributed by atoms with Crippen LogP contribution in [0.5, 0.6) is 0 Å². The molecule has 0 aliphatic rings. The third kappa shape index (κ3) is 4.90. The molecule has 1 heterocycles. The molecule has 1 aromatic heterocycles. The minimum Gasteiger partial charge on any atom is -0.314 e. The van der Waals surface area contributed by atoms with Crippen molar-refractivity contribution in [1.29, 1.82) is 0 Å². The summed E-state index contributed by atoms with van der Waals surface area (Å²) in [5.41, 5.74) is 2.10. The molecule has 2 rings (SSSR count). The number of hydrogen-bond donors (Lipinski definition) is 1. The Morgan fingerprint density at radius 3 is 2.81 bits per heavy atom. The lowest BCUT2D eigenvalue weighted by Crippen LogP contribution is -2.31. The summed E-state index contributed by atoms with van der Waals surface area (Å²) < 4.78 is 14.2. The van der Waals surface area contributed by atoms with E-state index in [9.17, 15) is 4.39 Å². The summed E-state index contributed by atoms with van der Waals surface area (Å²) in [6.07, 6.45) is 4.53. The van der Waals surface area contributed by atoms with E-state index in [1.807, 2.05) is 30.5 Å². The number of halogens is 2. The van der Waals surface area contributed by atoms with Crippen LogP contribution in [0.4, 0.5) is 4.39 Å². The van der Waals surface area contributed by atoms with Gasteiger partial charge in [0.25, 0.3) is 0 Å². The van der Waals surface area contributed by atoms with Gasteiger partial charge in [0.1, 0.15) is 5.82 Å². The first-order valence-electron chi connectivity index (χ1n) is 7.27. The highest BCUT2D eigenvalue weighted by atomic mass is 79.9. The van der Waals surface area contributed by atoms with Crippen molar-refractivity contribution in [1.82, 2.24) is 10.3 Å². The number of nitrogens with one attached hydrogen (secondary N) is 1. The van der Waals surface area contributed by atoms with Crippen molar-refractivity contribution >= 4 is 15.9 Å². The molecule has 0 aliphatic heterocycles. The molecule has 1 atom stereocenters. The molecule has 0 bridgehead atoms. The van der Waals surface area contributed by atoms with Crippen molar-refractivity contribution in [3.63, 3.8) is 0 Å². The van der Waals surface area contributed by atoms with Crippen LogP contribution in [0.25, 0.3) is 0 Å². The predicted octanol–water partition coefficient (Wildman–Crippen LogP) is 4.14. The first kappa shape index (κ1) is 16.1. The lowest BCUT2D eigenvalue weighted by molar-refractivity contribution is 0.486. The van der Waals surface area contributed by atoms with Crippen molar-refractivity contribution in [3.8, 4) is 0 Å². The van der Waals surface area contributed by atoms with E-state index in [4.69, 9.17) is 0 Å². The van der Waals surface area contributed by atoms with Gasteiger partial charge in [-0.25, -0.2) is 4.39 Å². The van der Waals surface area contributed by atoms with Crippen molar-refractivity contribution in [2.24, 2.45) is 0 Å². The van der Waals surface area contributed by atoms with E-state index in [1.165, 1.54) is 6.07 Å². The standard InChI is InChI=1S/C17H20BrFN2/c1-2-20-15(10-9-14-7-3-4-11-21-14)12-13-6-5-8-16(19)17(13)18/h3-8,11,15,20H,2,9-10,12H2,1H3. The fourth-order valence-corrected chi connectivity index (χ4v) is 2.83. The topological polar surface area (TPSA) is 24.9 Å². The van der Waals surface area contributed by atoms with E-state index in [2.05, 4.69) is 33.2 Å². The van der Waals surface area contributed by atoms with E-state index in [-0.39, 0.29) is 5.82 Å². The van der Waals surface area contributed by atoms with Gasteiger partial charge >= 0.3 is 0 Å². The molecular weight excluding hydrogens is 331 g/mol. The number of nitrogens with zero attached hydrogens (tertiary/aromatic N) is 1. The van der Waals surface area contributed by atoms with Crippen LogP contribution in [0.3, 0.4) is 0 Å². The van der Waals surface area contributed by atoms with Gasteiger partial charge in [0, 0.05) is 17.9 Å². The van der Waals surface area contributed by atoms with Crippen LogP contribution >= 0.6 is 15.9 Å². The first-order chi connectivity index (χ1) is 10.2. The Labute approximate surface area is 133 Å². The smallest absolute Gasteiger partial charge is 0.137 e. The molecule has 2 nitrogen and oxygen atoms in total. The van der Waals surface area contributed by atoms with E-state index in [1.54, 1.807) is 6.07 Å². The molecule has 0 spiro atoms. The van der Waals surface area contributed by atoms with Crippen LogP contribution in [-0.4, -0.2) is 17.6 Å². The summed E-state index contributed by atoms with van der Waals surface area (Å²) in [6.45, 7) is 2.99. The maximum Gasteiger partial charge on any atom is 0.137 e. The zero-order valence-electron chi connectivity index (χ0n) is 12.2. The molecule has 0 saturated carbocycles. The van der Waals surface area contributed by atoms with E-state index in [0.717, 1.165) is 37.1 Å². The number of pyridine rings is 1. The van der Waals surface area contributed by atoms with Gasteiger partial charge in [0.15, 0.2) is 0 Å². The monoisotopic (exact) mass is 350 g/mol. The molecule has 112 valence electrons. The average molecular weight is 351 g/mol. The summed E-state index contributed by atoms with van der Waals surface area (Å²) in [5.74, 6) is -0.201. The van der Waals surface area contributed by atoms with Crippen molar-refractivity contribution < 1.29 is 4.39 Å². The highest BCUT2D eigenvalue weighted by Crippen LogP contribution is 2.22. The number of hydrogen-bond acceptors (Lipinski definition) is 2. The number of likely N-dealkylation sites (N-methyl/N-ethyl adjacent to an activating group) is 1. The largest absolute Gasteiger partial charge is 0.314 e. The summed E-state index contributed by atoms with van der Waals surface area (Å²) >= 11 is 3.34. The second-order valence-electron chi connectivity index (χ2n) is 5.03. The van der Waals surface area contributed by atoms with Crippen LogP contribution in [0, 0.1) is 5.82 Å². The van der Waals surface area contributed by atoms with Gasteiger partial charge in [0.05, 0.1) is 4.47 Å². The van der Waals surface area contributed by atoms with Gasteiger partial charge in [-0.15, -0.1) is 0 Å². The number of rotatable bonds is 7. The van der Waals surface area contributed by atoms with Crippen LogP contribution in [0.1, 0.15) is 24.6 Å². The van der Waals surface area contributed by atoms with Gasteiger partial charge in [-0.3, -0.25) is 4.98 Å². The normalized spacial score (nSPS) is 12.3. The van der Waals surface area contributed by atoms with E-state index >= 15 is 0 Å². The van der Waals surface area contributed by atoms with Crippen LogP contribution < -0.4 is 5.32 Å². The lowest BCUT2D eigenvalue weighted by Gasteiger charge is -2.18. The Hall–Kier alpha value is -1.26. The molecule has 2 aromatic rings. The molecule has 0 fully saturated rings. The lowest BCUT2D eigenvalue weighted by atomic mass is 10.0. The maximum atomic E-state index is 13.6. The molecular formula is C17H20BrFN2. The van der Waals surface area contributed by atoms with Gasteiger partial charge in [-0.05, 0) is 65.5 Å². The van der Waals surface area contributed by atoms with Crippen LogP contribution in [0.2, 0.25) is 0 Å². The van der Waals surface area contributed by atoms with Crippen molar-refractivity contribution in [2.45, 2.75) is 32.2 Å². The van der Waals surface area contributed by atoms with Gasteiger partial charge in [-0.2, -0.15) is 0 Å². The number of aryl methyl sites for hydroxylation is 1. The fraction of sp³-hybridized carbons (Fsp3) is 0.353. The molecule has 0 amide bonds. The quantitative estimate of drug-likeness (QED) is 0.811. The molecule has 4 heteroatoms. The summed E-state index contributed by atoms with van der Waals surface area (Å²) in [4.78, 5) is 4.35. The second-order valence-corrected chi connectivity index (χ2v) is 5.82. The molecule has 0 radical (unpaired) electrons. The summed E-state index contributed by atoms with van der Waals surface area (Å²) in [6, 6.07) is 11.5. The van der Waals surface area contributed by atoms with Crippen LogP contribution in [0.15, 0.2) is 47.1 Å². The highest BCUT2D eigenvalue weighted by molar-refractivity contribution is 9.10. The van der Waals surface area contributed by atoms with Crippen molar-refractivity contribution in [2.75, 3.05) is 6.54 Å². The molecule has 0 aliphatic carbocycles. The fourth-order valence-electron chi connectivity index (χ4n) is 2.40. The maximum absolute atomic E-state index is 13.6. The minimum atomic E-state index is -0.201. The third-order valence-electron chi connectivity index (χ3n) is 3.47. The average Bonchev–Trinajstić information content (AvgIpc) is 2.50. The Morgan fingerprint density at radius 1 is 1.24 bits per heavy atom. The Morgan fingerprint density at radius 2 is 2.10 bits per heavy atom. The Bertz CT molecular complexity index is 560. The molecule has 1 N–H and O–H groups in total. The van der Waals surface area contributed by atoms with Gasteiger partial charge < -0.3 is 5.32 Å². The zero-order valence-corrected chi connectivity index (χ0v) is 13.7. The minimum absolute atomic E-state index is 0.201. The Kier molecular flexibility index (Phi) is 6.33. The van der Waals surface area contributed by atoms with Crippen molar-refractivity contribution in [3.05, 3.63) is 64.1 Å². The second kappa shape index (κ2) is 8.25. The SMILES string of the molecule is CCNC(CCc1ccccn1)Cc1cccc(F)c1Br. The Balaban J connectivity index is 2.00. The third-order valence-corrected chi connectivity index (χ3v) is 4.35. The molecule has 1 aromatic carbocycles. The molecule has 0 saturated heterocycles. The van der Waals surface area contributed by atoms with E-state index < -0.39 is 0 Å². The zero-order chi connectivity index (χ0) is 15.1. The van der Waals surface area contributed by atoms with Crippen LogP contribution in [-0.2, 0) is 12.8 Å². The summed E-state index contributed by atoms with van der Waals surface area (Å²) in [7, 11) is 0. The first-order valence-corrected chi connectivity index (χ1v) is 8.06. The molecule has 21 heavy (non-hydrogen) atoms. The predicted molar refractivity (Wildman–Crippen MR) is 87.8 cm³/mol. The van der Waals surface area contributed by atoms with Gasteiger partial charge in [-0.1, -0.05) is 25.1 Å². The molecule has 1 unspecified atom stereocenters. The number of aromatic nitrogens is 1. The van der Waals surface area contributed by atoms with E-state index in [0.29, 0.717) is 10.5 Å². The number of benzene rings is 1. The summed E-state index contributed by atoms with van der Waals surface area (Å²) in [5, 5.41) is 3.48.